The highest BCUT2D eigenvalue weighted by molar-refractivity contribution is 5.82. The van der Waals surface area contributed by atoms with E-state index in [9.17, 15) is 4.79 Å². The van der Waals surface area contributed by atoms with Crippen LogP contribution in [-0.2, 0) is 0 Å². The minimum Gasteiger partial charge on any atom is -0.494 e. The summed E-state index contributed by atoms with van der Waals surface area (Å²) in [6.07, 6.45) is 2.46. The lowest BCUT2D eigenvalue weighted by molar-refractivity contribution is 0.340. The molecule has 0 unspecified atom stereocenters. The van der Waals surface area contributed by atoms with Gasteiger partial charge in [0.2, 0.25) is 0 Å². The zero-order chi connectivity index (χ0) is 20.0. The molecule has 1 saturated heterocycles. The third-order valence-corrected chi connectivity index (χ3v) is 5.92. The molecule has 0 amide bonds. The number of rotatable bonds is 4. The van der Waals surface area contributed by atoms with Gasteiger partial charge < -0.3 is 19.4 Å². The van der Waals surface area contributed by atoms with Gasteiger partial charge in [0.25, 0.3) is 0 Å². The van der Waals surface area contributed by atoms with Crippen molar-refractivity contribution in [3.05, 3.63) is 58.8 Å². The maximum absolute atomic E-state index is 12.9. The summed E-state index contributed by atoms with van der Waals surface area (Å²) in [6.45, 7) is 6.75. The van der Waals surface area contributed by atoms with Gasteiger partial charge in [-0.25, -0.2) is 0 Å². The molecule has 5 heteroatoms. The Morgan fingerprint density at radius 3 is 2.69 bits per heavy atom. The predicted octanol–water partition coefficient (Wildman–Crippen LogP) is 4.19. The molecule has 2 aliphatic rings. The molecule has 1 aliphatic carbocycles. The van der Waals surface area contributed by atoms with E-state index in [0.717, 1.165) is 30.1 Å². The van der Waals surface area contributed by atoms with Crippen LogP contribution in [0.5, 0.6) is 5.75 Å². The topological polar surface area (TPSA) is 54.7 Å². The first-order chi connectivity index (χ1) is 14.0. The summed E-state index contributed by atoms with van der Waals surface area (Å²) in [7, 11) is 0. The number of hydrogen-bond donors (Lipinski definition) is 1. The number of ether oxygens (including phenoxy) is 1. The molecule has 5 rings (SSSR count). The van der Waals surface area contributed by atoms with E-state index in [1.807, 2.05) is 43.3 Å². The number of fused-ring (bicyclic) bond motifs is 1. The highest BCUT2D eigenvalue weighted by atomic mass is 16.5. The summed E-state index contributed by atoms with van der Waals surface area (Å²) < 4.78 is 11.6. The minimum absolute atomic E-state index is 0.0127. The molecule has 2 fully saturated rings. The van der Waals surface area contributed by atoms with E-state index >= 15 is 0 Å². The molecule has 3 aromatic rings. The quantitative estimate of drug-likeness (QED) is 0.724. The fraction of sp³-hybridized carbons (Fsp3) is 0.375. The first kappa shape index (κ1) is 18.3. The molecular weight excluding hydrogens is 364 g/mol. The molecule has 1 atom stereocenters. The highest BCUT2D eigenvalue weighted by Gasteiger charge is 2.47. The van der Waals surface area contributed by atoms with Crippen LogP contribution in [0.4, 0.5) is 5.69 Å². The fourth-order valence-corrected chi connectivity index (χ4v) is 4.39. The number of anilines is 1. The standard InChI is InChI=1S/C24H26N2O3/c1-3-28-19-7-4-17(5-8-19)23-13-21(27)20-12-18(6-9-22(20)29-23)26-14-16(2)25-24(15-26)10-11-24/h4-9,12-13,16,25H,3,10-11,14-15H2,1-2H3/t16-/m1/s1. The van der Waals surface area contributed by atoms with Crippen molar-refractivity contribution in [1.82, 2.24) is 5.32 Å². The maximum Gasteiger partial charge on any atom is 0.193 e. The van der Waals surface area contributed by atoms with Gasteiger partial charge in [0, 0.05) is 42.0 Å². The Kier molecular flexibility index (Phi) is 4.36. The van der Waals surface area contributed by atoms with E-state index in [1.54, 1.807) is 6.07 Å². The number of hydrogen-bond acceptors (Lipinski definition) is 5. The molecule has 2 aromatic carbocycles. The van der Waals surface area contributed by atoms with Crippen molar-refractivity contribution >= 4 is 16.7 Å². The van der Waals surface area contributed by atoms with Crippen molar-refractivity contribution < 1.29 is 9.15 Å². The second-order valence-electron chi connectivity index (χ2n) is 8.32. The smallest absolute Gasteiger partial charge is 0.193 e. The van der Waals surface area contributed by atoms with E-state index in [1.165, 1.54) is 12.8 Å². The van der Waals surface area contributed by atoms with Crippen LogP contribution in [0.1, 0.15) is 26.7 Å². The van der Waals surface area contributed by atoms with Crippen molar-refractivity contribution in [2.24, 2.45) is 0 Å². The van der Waals surface area contributed by atoms with Gasteiger partial charge >= 0.3 is 0 Å². The van der Waals surface area contributed by atoms with E-state index in [0.29, 0.717) is 29.4 Å². The molecule has 2 heterocycles. The summed E-state index contributed by atoms with van der Waals surface area (Å²) >= 11 is 0. The molecule has 0 radical (unpaired) electrons. The van der Waals surface area contributed by atoms with Crippen LogP contribution in [-0.4, -0.2) is 31.3 Å². The number of nitrogens with one attached hydrogen (secondary N) is 1. The third kappa shape index (κ3) is 3.51. The predicted molar refractivity (Wildman–Crippen MR) is 116 cm³/mol. The second-order valence-corrected chi connectivity index (χ2v) is 8.32. The Morgan fingerprint density at radius 1 is 1.17 bits per heavy atom. The van der Waals surface area contributed by atoms with Crippen LogP contribution in [0, 0.1) is 0 Å². The average molecular weight is 390 g/mol. The number of piperazine rings is 1. The highest BCUT2D eigenvalue weighted by Crippen LogP contribution is 2.40. The average Bonchev–Trinajstić information content (AvgIpc) is 3.45. The first-order valence-electron chi connectivity index (χ1n) is 10.4. The molecule has 1 saturated carbocycles. The van der Waals surface area contributed by atoms with Gasteiger partial charge in [-0.1, -0.05) is 0 Å². The number of nitrogens with zero attached hydrogens (tertiary/aromatic N) is 1. The first-order valence-corrected chi connectivity index (χ1v) is 10.4. The van der Waals surface area contributed by atoms with Gasteiger partial charge in [0.05, 0.1) is 12.0 Å². The summed E-state index contributed by atoms with van der Waals surface area (Å²) in [4.78, 5) is 15.3. The van der Waals surface area contributed by atoms with E-state index < -0.39 is 0 Å². The molecule has 150 valence electrons. The SMILES string of the molecule is CCOc1ccc(-c2cc(=O)c3cc(N4C[C@@H](C)NC5(CC5)C4)ccc3o2)cc1. The van der Waals surface area contributed by atoms with Gasteiger partial charge in [0.1, 0.15) is 17.1 Å². The van der Waals surface area contributed by atoms with Crippen molar-refractivity contribution in [1.29, 1.82) is 0 Å². The Hall–Kier alpha value is -2.79. The molecule has 1 aliphatic heterocycles. The maximum atomic E-state index is 12.9. The van der Waals surface area contributed by atoms with Gasteiger partial charge in [0.15, 0.2) is 5.43 Å². The zero-order valence-electron chi connectivity index (χ0n) is 16.9. The molecular formula is C24H26N2O3. The molecule has 1 aromatic heterocycles. The van der Waals surface area contributed by atoms with Crippen LogP contribution < -0.4 is 20.4 Å². The van der Waals surface area contributed by atoms with Gasteiger partial charge in [-0.2, -0.15) is 0 Å². The van der Waals surface area contributed by atoms with Crippen LogP contribution in [0.15, 0.2) is 57.7 Å². The third-order valence-electron chi connectivity index (χ3n) is 5.92. The van der Waals surface area contributed by atoms with Crippen LogP contribution in [0.25, 0.3) is 22.3 Å². The summed E-state index contributed by atoms with van der Waals surface area (Å²) in [6, 6.07) is 15.6. The van der Waals surface area contributed by atoms with Crippen molar-refractivity contribution in [2.75, 3.05) is 24.6 Å². The molecule has 1 spiro atoms. The normalized spacial score (nSPS) is 20.2. The minimum atomic E-state index is -0.0127. The Morgan fingerprint density at radius 2 is 1.97 bits per heavy atom. The Labute approximate surface area is 170 Å². The molecule has 0 bridgehead atoms. The monoisotopic (exact) mass is 390 g/mol. The van der Waals surface area contributed by atoms with Crippen molar-refractivity contribution in [3.63, 3.8) is 0 Å². The molecule has 5 nitrogen and oxygen atoms in total. The van der Waals surface area contributed by atoms with Gasteiger partial charge in [-0.15, -0.1) is 0 Å². The van der Waals surface area contributed by atoms with Crippen molar-refractivity contribution in [2.45, 2.75) is 38.3 Å². The van der Waals surface area contributed by atoms with Crippen LogP contribution in [0.2, 0.25) is 0 Å². The molecule has 1 N–H and O–H groups in total. The Bertz CT molecular complexity index is 1100. The summed E-state index contributed by atoms with van der Waals surface area (Å²) in [5.74, 6) is 1.38. The van der Waals surface area contributed by atoms with Crippen LogP contribution in [0.3, 0.4) is 0 Å². The van der Waals surface area contributed by atoms with E-state index in [4.69, 9.17) is 9.15 Å². The van der Waals surface area contributed by atoms with Gasteiger partial charge in [-0.05, 0) is 69.2 Å². The lowest BCUT2D eigenvalue weighted by atomic mass is 10.1. The van der Waals surface area contributed by atoms with Gasteiger partial charge in [-0.3, -0.25) is 4.79 Å². The van der Waals surface area contributed by atoms with E-state index in [2.05, 4.69) is 23.2 Å². The van der Waals surface area contributed by atoms with E-state index in [-0.39, 0.29) is 11.0 Å². The Balaban J connectivity index is 1.47. The lowest BCUT2D eigenvalue weighted by Gasteiger charge is -2.39. The van der Waals surface area contributed by atoms with Crippen LogP contribution >= 0.6 is 0 Å². The summed E-state index contributed by atoms with van der Waals surface area (Å²) in [5, 5.41) is 4.35. The zero-order valence-corrected chi connectivity index (χ0v) is 16.9. The lowest BCUT2D eigenvalue weighted by Crippen LogP contribution is -2.57. The van der Waals surface area contributed by atoms with Crippen molar-refractivity contribution in [3.8, 4) is 17.1 Å². The summed E-state index contributed by atoms with van der Waals surface area (Å²) in [5.41, 5.74) is 2.84. The molecule has 29 heavy (non-hydrogen) atoms. The number of benzene rings is 2. The largest absolute Gasteiger partial charge is 0.494 e. The fourth-order valence-electron chi connectivity index (χ4n) is 4.39. The second kappa shape index (κ2) is 6.92.